The minimum atomic E-state index is -3.41. The van der Waals surface area contributed by atoms with Crippen LogP contribution in [0.25, 0.3) is 0 Å². The van der Waals surface area contributed by atoms with E-state index in [-0.39, 0.29) is 39.2 Å². The molecular formula is C32H37F5O. The van der Waals surface area contributed by atoms with Crippen LogP contribution in [0.5, 0.6) is 0 Å². The van der Waals surface area contributed by atoms with E-state index in [0.29, 0.717) is 18.8 Å². The maximum absolute atomic E-state index is 14.7. The zero-order chi connectivity index (χ0) is 29.8. The second kappa shape index (κ2) is 15.6. The van der Waals surface area contributed by atoms with E-state index in [2.05, 4.69) is 52.6 Å². The highest BCUT2D eigenvalue weighted by Gasteiger charge is 2.38. The van der Waals surface area contributed by atoms with Gasteiger partial charge in [-0.1, -0.05) is 92.0 Å². The Kier molecular flexibility index (Phi) is 14.0. The topological polar surface area (TPSA) is 9.23 Å². The summed E-state index contributed by atoms with van der Waals surface area (Å²) >= 11 is 0. The molecule has 0 saturated carbocycles. The number of alkyl halides is 2. The Labute approximate surface area is 224 Å². The molecule has 6 heteroatoms. The zero-order valence-electron chi connectivity index (χ0n) is 22.5. The normalized spacial score (nSPS) is 13.5. The molecule has 0 aliphatic rings. The Morgan fingerprint density at radius 2 is 1.13 bits per heavy atom. The molecule has 206 valence electrons. The quantitative estimate of drug-likeness (QED) is 0.103. The molecule has 0 aromatic carbocycles. The first-order valence-corrected chi connectivity index (χ1v) is 11.7. The molecule has 0 bridgehead atoms. The number of hydrogen-bond donors (Lipinski definition) is 0. The van der Waals surface area contributed by atoms with Gasteiger partial charge in [-0.05, 0) is 58.9 Å². The molecule has 0 aliphatic heterocycles. The van der Waals surface area contributed by atoms with Gasteiger partial charge in [0, 0.05) is 11.1 Å². The molecule has 38 heavy (non-hydrogen) atoms. The second-order valence-electron chi connectivity index (χ2n) is 9.16. The van der Waals surface area contributed by atoms with Crippen molar-refractivity contribution in [2.45, 2.75) is 39.7 Å². The highest BCUT2D eigenvalue weighted by Crippen LogP contribution is 2.33. The van der Waals surface area contributed by atoms with Gasteiger partial charge in [-0.25, -0.2) is 13.2 Å². The predicted octanol–water partition coefficient (Wildman–Crippen LogP) is 10.8. The molecule has 0 fully saturated rings. The maximum atomic E-state index is 14.7. The fourth-order valence-corrected chi connectivity index (χ4v) is 2.62. The van der Waals surface area contributed by atoms with Crippen molar-refractivity contribution >= 4 is 0 Å². The molecular weight excluding hydrogens is 495 g/mol. The zero-order valence-corrected chi connectivity index (χ0v) is 22.5. The molecule has 1 atom stereocenters. The number of halogens is 5. The van der Waals surface area contributed by atoms with Gasteiger partial charge in [0.05, 0.1) is 5.92 Å². The summed E-state index contributed by atoms with van der Waals surface area (Å²) in [6.45, 7) is 33.5. The van der Waals surface area contributed by atoms with Gasteiger partial charge >= 0.3 is 6.11 Å². The van der Waals surface area contributed by atoms with Gasteiger partial charge in [0.1, 0.15) is 23.2 Å². The first-order chi connectivity index (χ1) is 17.4. The van der Waals surface area contributed by atoms with Crippen LogP contribution in [0.15, 0.2) is 146 Å². The summed E-state index contributed by atoms with van der Waals surface area (Å²) in [6, 6.07) is 0. The summed E-state index contributed by atoms with van der Waals surface area (Å²) in [6.07, 6.45) is 4.07. The van der Waals surface area contributed by atoms with Crippen LogP contribution < -0.4 is 0 Å². The van der Waals surface area contributed by atoms with Gasteiger partial charge in [-0.3, -0.25) is 0 Å². The summed E-state index contributed by atoms with van der Waals surface area (Å²) in [5.41, 5.74) is -0.146. The van der Waals surface area contributed by atoms with Crippen LogP contribution in [-0.2, 0) is 4.74 Å². The standard InChI is InChI=1S/C32H37F5O/c1-20(2)12-15-25(7)32(36,37)38-27(9)17-14-21(3)23(5)18-30(34)29(11)24(6)19-31(35)28(10)22(4)13-16-26(8)33/h13-14,16-20,25H,3-6,8-12,15H2,1-2,7H3/b16-13-,17-14-,30-18+,31-19+. The van der Waals surface area contributed by atoms with Gasteiger partial charge in [0.15, 0.2) is 0 Å². The van der Waals surface area contributed by atoms with Crippen molar-refractivity contribution < 1.29 is 26.7 Å². The Morgan fingerprint density at radius 1 is 0.658 bits per heavy atom. The lowest BCUT2D eigenvalue weighted by Gasteiger charge is -2.24. The number of allylic oxidation sites excluding steroid dienone is 15. The Balaban J connectivity index is 5.23. The molecule has 0 aliphatic carbocycles. The minimum absolute atomic E-state index is 0.0804. The molecule has 0 saturated heterocycles. The van der Waals surface area contributed by atoms with E-state index in [1.807, 2.05) is 13.8 Å². The maximum Gasteiger partial charge on any atom is 0.400 e. The molecule has 0 aromatic heterocycles. The molecule has 0 spiro atoms. The molecule has 1 unspecified atom stereocenters. The van der Waals surface area contributed by atoms with E-state index in [0.717, 1.165) is 18.2 Å². The van der Waals surface area contributed by atoms with Crippen LogP contribution in [0.1, 0.15) is 33.6 Å². The Morgan fingerprint density at radius 3 is 1.63 bits per heavy atom. The van der Waals surface area contributed by atoms with E-state index in [1.54, 1.807) is 0 Å². The fraction of sp³-hybridized carbons (Fsp3) is 0.250. The van der Waals surface area contributed by atoms with E-state index in [1.165, 1.54) is 25.2 Å². The van der Waals surface area contributed by atoms with Crippen LogP contribution in [0.3, 0.4) is 0 Å². The van der Waals surface area contributed by atoms with Crippen LogP contribution in [0, 0.1) is 11.8 Å². The van der Waals surface area contributed by atoms with Crippen LogP contribution in [0.4, 0.5) is 22.0 Å². The van der Waals surface area contributed by atoms with Gasteiger partial charge in [-0.15, -0.1) is 0 Å². The molecule has 1 nitrogen and oxygen atoms in total. The van der Waals surface area contributed by atoms with E-state index in [4.69, 9.17) is 4.74 Å². The molecule has 0 radical (unpaired) electrons. The highest BCUT2D eigenvalue weighted by molar-refractivity contribution is 5.55. The lowest BCUT2D eigenvalue weighted by molar-refractivity contribution is -0.244. The number of ether oxygens (including phenoxy) is 1. The van der Waals surface area contributed by atoms with Gasteiger partial charge in [0.25, 0.3) is 0 Å². The second-order valence-corrected chi connectivity index (χ2v) is 9.16. The van der Waals surface area contributed by atoms with Crippen molar-refractivity contribution in [1.29, 1.82) is 0 Å². The molecule has 0 heterocycles. The van der Waals surface area contributed by atoms with Crippen LogP contribution >= 0.6 is 0 Å². The van der Waals surface area contributed by atoms with Crippen molar-refractivity contribution in [2.24, 2.45) is 11.8 Å². The van der Waals surface area contributed by atoms with Crippen molar-refractivity contribution in [2.75, 3.05) is 0 Å². The lowest BCUT2D eigenvalue weighted by Crippen LogP contribution is -2.29. The average molecular weight is 533 g/mol. The van der Waals surface area contributed by atoms with E-state index < -0.39 is 29.5 Å². The minimum Gasteiger partial charge on any atom is -0.433 e. The fourth-order valence-electron chi connectivity index (χ4n) is 2.62. The van der Waals surface area contributed by atoms with Gasteiger partial charge in [-0.2, -0.15) is 8.78 Å². The van der Waals surface area contributed by atoms with Crippen molar-refractivity contribution in [1.82, 2.24) is 0 Å². The van der Waals surface area contributed by atoms with Crippen molar-refractivity contribution in [3.63, 3.8) is 0 Å². The largest absolute Gasteiger partial charge is 0.433 e. The van der Waals surface area contributed by atoms with E-state index >= 15 is 0 Å². The third kappa shape index (κ3) is 12.5. The van der Waals surface area contributed by atoms with Gasteiger partial charge < -0.3 is 4.74 Å². The van der Waals surface area contributed by atoms with E-state index in [9.17, 15) is 22.0 Å². The van der Waals surface area contributed by atoms with Crippen LogP contribution in [0.2, 0.25) is 0 Å². The summed E-state index contributed by atoms with van der Waals surface area (Å²) in [5, 5.41) is 0. The molecule has 0 rings (SSSR count). The Hall–Kier alpha value is -3.67. The summed E-state index contributed by atoms with van der Waals surface area (Å²) in [5.74, 6) is -3.51. The van der Waals surface area contributed by atoms with Crippen LogP contribution in [-0.4, -0.2) is 6.11 Å². The van der Waals surface area contributed by atoms with Crippen molar-refractivity contribution in [3.8, 4) is 0 Å². The summed E-state index contributed by atoms with van der Waals surface area (Å²) in [4.78, 5) is 0. The summed E-state index contributed by atoms with van der Waals surface area (Å²) in [7, 11) is 0. The molecule has 0 aromatic rings. The SMILES string of the molecule is C=C(F)/C=C\C(=C)C(=C)/C(F)=C\C(=C)C(=C)/C(F)=C\C(=C)C(=C)/C=C\C(=C)OC(F)(F)C(C)CCC(C)C. The number of rotatable bonds is 17. The molecule has 0 amide bonds. The first kappa shape index (κ1) is 34.3. The highest BCUT2D eigenvalue weighted by atomic mass is 19.3. The third-order valence-corrected chi connectivity index (χ3v) is 5.32. The predicted molar refractivity (Wildman–Crippen MR) is 150 cm³/mol. The third-order valence-electron chi connectivity index (χ3n) is 5.32. The summed E-state index contributed by atoms with van der Waals surface area (Å²) < 4.78 is 75.2. The smallest absolute Gasteiger partial charge is 0.400 e. The lowest BCUT2D eigenvalue weighted by atomic mass is 9.98. The van der Waals surface area contributed by atoms with Gasteiger partial charge in [0.2, 0.25) is 0 Å². The first-order valence-electron chi connectivity index (χ1n) is 11.7. The molecule has 0 N–H and O–H groups in total. The number of hydrogen-bond acceptors (Lipinski definition) is 1. The monoisotopic (exact) mass is 532 g/mol. The van der Waals surface area contributed by atoms with Crippen molar-refractivity contribution in [3.05, 3.63) is 146 Å². The Bertz CT molecular complexity index is 1120. The average Bonchev–Trinajstić information content (AvgIpc) is 2.82.